The highest BCUT2D eigenvalue weighted by molar-refractivity contribution is 4.94. The Morgan fingerprint density at radius 1 is 1.17 bits per heavy atom. The van der Waals surface area contributed by atoms with Crippen molar-refractivity contribution in [1.82, 2.24) is 10.2 Å². The van der Waals surface area contributed by atoms with Crippen LogP contribution in [0.15, 0.2) is 0 Å². The smallest absolute Gasteiger partial charge is 0.0217 e. The minimum Gasteiger partial charge on any atom is -0.312 e. The van der Waals surface area contributed by atoms with E-state index in [0.717, 1.165) is 29.8 Å². The molecular formula is C16H30N2. The van der Waals surface area contributed by atoms with E-state index < -0.39 is 0 Å². The predicted molar refractivity (Wildman–Crippen MR) is 76.7 cm³/mol. The molecule has 18 heavy (non-hydrogen) atoms. The monoisotopic (exact) mass is 250 g/mol. The highest BCUT2D eigenvalue weighted by atomic mass is 15.2. The molecule has 2 aliphatic carbocycles. The fourth-order valence-corrected chi connectivity index (χ4v) is 4.78. The van der Waals surface area contributed by atoms with Gasteiger partial charge in [0.05, 0.1) is 0 Å². The fraction of sp³-hybridized carbons (Fsp3) is 1.00. The van der Waals surface area contributed by atoms with Crippen LogP contribution in [-0.4, -0.2) is 37.1 Å². The van der Waals surface area contributed by atoms with Crippen LogP contribution in [0, 0.1) is 17.8 Å². The van der Waals surface area contributed by atoms with Crippen LogP contribution in [-0.2, 0) is 0 Å². The van der Waals surface area contributed by atoms with Crippen molar-refractivity contribution in [3.8, 4) is 0 Å². The molecule has 0 aromatic heterocycles. The zero-order valence-electron chi connectivity index (χ0n) is 12.2. The van der Waals surface area contributed by atoms with Crippen LogP contribution in [0.4, 0.5) is 0 Å². The maximum Gasteiger partial charge on any atom is 0.0217 e. The summed E-state index contributed by atoms with van der Waals surface area (Å²) in [5.41, 5.74) is 0. The first-order valence-corrected chi connectivity index (χ1v) is 8.17. The van der Waals surface area contributed by atoms with Crippen molar-refractivity contribution in [3.63, 3.8) is 0 Å². The van der Waals surface area contributed by atoms with Crippen LogP contribution in [0.3, 0.4) is 0 Å². The van der Waals surface area contributed by atoms with Crippen LogP contribution in [0.5, 0.6) is 0 Å². The van der Waals surface area contributed by atoms with E-state index in [0.29, 0.717) is 0 Å². The first kappa shape index (κ1) is 12.9. The Kier molecular flexibility index (Phi) is 3.95. The van der Waals surface area contributed by atoms with Crippen molar-refractivity contribution in [2.75, 3.05) is 20.1 Å². The number of likely N-dealkylation sites (N-methyl/N-ethyl adjacent to an activating group) is 1. The van der Waals surface area contributed by atoms with Crippen molar-refractivity contribution in [2.24, 2.45) is 17.8 Å². The Labute approximate surface area is 113 Å². The number of nitrogens with zero attached hydrogens (tertiary/aromatic N) is 1. The lowest BCUT2D eigenvalue weighted by atomic mass is 9.84. The molecule has 2 nitrogen and oxygen atoms in total. The topological polar surface area (TPSA) is 15.3 Å². The van der Waals surface area contributed by atoms with Gasteiger partial charge in [-0.3, -0.25) is 0 Å². The molecule has 104 valence electrons. The molecule has 1 heterocycles. The zero-order valence-corrected chi connectivity index (χ0v) is 12.2. The molecule has 0 radical (unpaired) electrons. The lowest BCUT2D eigenvalue weighted by molar-refractivity contribution is 0.167. The fourth-order valence-electron chi connectivity index (χ4n) is 4.78. The molecule has 0 aromatic carbocycles. The molecule has 2 heteroatoms. The molecule has 5 atom stereocenters. The second kappa shape index (κ2) is 5.50. The summed E-state index contributed by atoms with van der Waals surface area (Å²) in [4.78, 5) is 2.56. The van der Waals surface area contributed by atoms with Crippen molar-refractivity contribution in [3.05, 3.63) is 0 Å². The lowest BCUT2D eigenvalue weighted by Crippen LogP contribution is -2.47. The van der Waals surface area contributed by atoms with Gasteiger partial charge in [-0.05, 0) is 70.4 Å². The highest BCUT2D eigenvalue weighted by Crippen LogP contribution is 2.49. The zero-order chi connectivity index (χ0) is 12.5. The van der Waals surface area contributed by atoms with E-state index in [1.165, 1.54) is 51.6 Å². The first-order chi connectivity index (χ1) is 8.74. The standard InChI is InChI=1S/C16H30N2/c1-12(16-10-13-6-7-14(16)9-13)17-11-15-5-3-4-8-18(15)2/h12-17H,3-11H2,1-2H3. The van der Waals surface area contributed by atoms with E-state index in [1.54, 1.807) is 6.42 Å². The molecule has 2 saturated carbocycles. The van der Waals surface area contributed by atoms with Gasteiger partial charge in [0.2, 0.25) is 0 Å². The molecule has 1 aliphatic heterocycles. The highest BCUT2D eigenvalue weighted by Gasteiger charge is 2.41. The number of nitrogens with one attached hydrogen (secondary N) is 1. The SMILES string of the molecule is CC(NCC1CCCCN1C)C1CC2CCC1C2. The third-order valence-corrected chi connectivity index (χ3v) is 6.03. The summed E-state index contributed by atoms with van der Waals surface area (Å²) in [7, 11) is 2.30. The summed E-state index contributed by atoms with van der Waals surface area (Å²) in [6.45, 7) is 4.95. The van der Waals surface area contributed by atoms with Crippen molar-refractivity contribution in [2.45, 2.75) is 64.0 Å². The number of fused-ring (bicyclic) bond motifs is 2. The van der Waals surface area contributed by atoms with E-state index >= 15 is 0 Å². The summed E-state index contributed by atoms with van der Waals surface area (Å²) in [6.07, 6.45) is 10.3. The Morgan fingerprint density at radius 2 is 2.06 bits per heavy atom. The van der Waals surface area contributed by atoms with Gasteiger partial charge in [-0.25, -0.2) is 0 Å². The van der Waals surface area contributed by atoms with E-state index in [2.05, 4.69) is 24.2 Å². The van der Waals surface area contributed by atoms with Crippen molar-refractivity contribution in [1.29, 1.82) is 0 Å². The molecule has 1 N–H and O–H groups in total. The summed E-state index contributed by atoms with van der Waals surface area (Å²) in [5.74, 6) is 3.13. The van der Waals surface area contributed by atoms with E-state index in [4.69, 9.17) is 0 Å². The van der Waals surface area contributed by atoms with E-state index in [9.17, 15) is 0 Å². The van der Waals surface area contributed by atoms with Gasteiger partial charge in [-0.15, -0.1) is 0 Å². The number of hydrogen-bond donors (Lipinski definition) is 1. The average molecular weight is 250 g/mol. The van der Waals surface area contributed by atoms with Gasteiger partial charge in [0.15, 0.2) is 0 Å². The van der Waals surface area contributed by atoms with Crippen LogP contribution in [0.1, 0.15) is 51.9 Å². The van der Waals surface area contributed by atoms with Gasteiger partial charge in [0, 0.05) is 18.6 Å². The van der Waals surface area contributed by atoms with Gasteiger partial charge in [-0.2, -0.15) is 0 Å². The van der Waals surface area contributed by atoms with E-state index in [1.807, 2.05) is 0 Å². The normalized spacial score (nSPS) is 42.3. The second-order valence-electron chi connectivity index (χ2n) is 7.17. The van der Waals surface area contributed by atoms with Crippen LogP contribution in [0.25, 0.3) is 0 Å². The summed E-state index contributed by atoms with van der Waals surface area (Å²) in [5, 5.41) is 3.87. The van der Waals surface area contributed by atoms with Crippen molar-refractivity contribution < 1.29 is 0 Å². The Bertz CT molecular complexity index is 278. The summed E-state index contributed by atoms with van der Waals surface area (Å²) >= 11 is 0. The largest absolute Gasteiger partial charge is 0.312 e. The summed E-state index contributed by atoms with van der Waals surface area (Å²) < 4.78 is 0. The second-order valence-corrected chi connectivity index (χ2v) is 7.17. The quantitative estimate of drug-likeness (QED) is 0.825. The van der Waals surface area contributed by atoms with Gasteiger partial charge in [-0.1, -0.05) is 12.8 Å². The maximum atomic E-state index is 3.87. The molecule has 1 saturated heterocycles. The molecule has 0 spiro atoms. The van der Waals surface area contributed by atoms with Gasteiger partial charge < -0.3 is 10.2 Å². The Morgan fingerprint density at radius 3 is 2.72 bits per heavy atom. The molecule has 0 aromatic rings. The Hall–Kier alpha value is -0.0800. The average Bonchev–Trinajstić information content (AvgIpc) is 2.99. The van der Waals surface area contributed by atoms with Crippen LogP contribution in [0.2, 0.25) is 0 Å². The van der Waals surface area contributed by atoms with Crippen LogP contribution >= 0.6 is 0 Å². The maximum absolute atomic E-state index is 3.87. The lowest BCUT2D eigenvalue weighted by Gasteiger charge is -2.35. The van der Waals surface area contributed by atoms with Crippen molar-refractivity contribution >= 4 is 0 Å². The number of hydrogen-bond acceptors (Lipinski definition) is 2. The first-order valence-electron chi connectivity index (χ1n) is 8.17. The van der Waals surface area contributed by atoms with Gasteiger partial charge >= 0.3 is 0 Å². The third kappa shape index (κ3) is 2.60. The minimum absolute atomic E-state index is 0.746. The molecule has 2 bridgehead atoms. The van der Waals surface area contributed by atoms with Gasteiger partial charge in [0.1, 0.15) is 0 Å². The number of rotatable bonds is 4. The minimum atomic E-state index is 0.746. The molecular weight excluding hydrogens is 220 g/mol. The summed E-state index contributed by atoms with van der Waals surface area (Å²) in [6, 6.07) is 1.54. The van der Waals surface area contributed by atoms with Crippen LogP contribution < -0.4 is 5.32 Å². The van der Waals surface area contributed by atoms with E-state index in [-0.39, 0.29) is 0 Å². The Balaban J connectivity index is 1.45. The third-order valence-electron chi connectivity index (χ3n) is 6.03. The number of piperidine rings is 1. The molecule has 3 fully saturated rings. The van der Waals surface area contributed by atoms with Gasteiger partial charge in [0.25, 0.3) is 0 Å². The number of likely N-dealkylation sites (tertiary alicyclic amines) is 1. The molecule has 3 rings (SSSR count). The predicted octanol–water partition coefficient (Wildman–Crippen LogP) is 2.89. The molecule has 0 amide bonds. The molecule has 5 unspecified atom stereocenters. The molecule has 3 aliphatic rings.